The first kappa shape index (κ1) is 16.2. The highest BCUT2D eigenvalue weighted by Gasteiger charge is 2.25. The highest BCUT2D eigenvalue weighted by atomic mass is 16.5. The van der Waals surface area contributed by atoms with Crippen LogP contribution >= 0.6 is 0 Å². The molecule has 1 aliphatic heterocycles. The maximum Gasteiger partial charge on any atom is 0.226 e. The third-order valence-corrected chi connectivity index (χ3v) is 4.26. The lowest BCUT2D eigenvalue weighted by atomic mass is 10.1. The smallest absolute Gasteiger partial charge is 0.226 e. The maximum absolute atomic E-state index is 6.03. The normalized spacial score (nSPS) is 19.1. The molecule has 2 heterocycles. The molecule has 5 heteroatoms. The average molecular weight is 316 g/mol. The van der Waals surface area contributed by atoms with Crippen molar-refractivity contribution in [1.82, 2.24) is 9.88 Å². The van der Waals surface area contributed by atoms with Crippen molar-refractivity contribution in [3.63, 3.8) is 0 Å². The van der Waals surface area contributed by atoms with Crippen molar-refractivity contribution in [2.45, 2.75) is 25.9 Å². The van der Waals surface area contributed by atoms with Crippen molar-refractivity contribution in [1.29, 1.82) is 0 Å². The molecule has 124 valence electrons. The molecule has 1 aliphatic rings. The molecule has 0 radical (unpaired) electrons. The number of methoxy groups -OCH3 is 1. The molecule has 1 unspecified atom stereocenters. The van der Waals surface area contributed by atoms with Crippen LogP contribution in [-0.2, 0) is 16.0 Å². The lowest BCUT2D eigenvalue weighted by Crippen LogP contribution is -2.45. The van der Waals surface area contributed by atoms with E-state index in [4.69, 9.17) is 13.9 Å². The summed E-state index contributed by atoms with van der Waals surface area (Å²) in [6, 6.07) is 10.4. The van der Waals surface area contributed by atoms with Gasteiger partial charge in [0.1, 0.15) is 5.76 Å². The van der Waals surface area contributed by atoms with Crippen LogP contribution in [0.3, 0.4) is 0 Å². The molecule has 23 heavy (non-hydrogen) atoms. The van der Waals surface area contributed by atoms with E-state index < -0.39 is 0 Å². The molecule has 1 atom stereocenters. The highest BCUT2D eigenvalue weighted by molar-refractivity contribution is 5.53. The topological polar surface area (TPSA) is 47.7 Å². The second-order valence-corrected chi connectivity index (χ2v) is 5.87. The van der Waals surface area contributed by atoms with Gasteiger partial charge in [-0.05, 0) is 25.5 Å². The zero-order chi connectivity index (χ0) is 16.1. The molecule has 0 aliphatic carbocycles. The Bertz CT molecular complexity index is 612. The molecule has 0 amide bonds. The van der Waals surface area contributed by atoms with Crippen LogP contribution in [0.15, 0.2) is 34.7 Å². The fraction of sp³-hybridized carbons (Fsp3) is 0.500. The maximum atomic E-state index is 6.03. The quantitative estimate of drug-likeness (QED) is 0.820. The summed E-state index contributed by atoms with van der Waals surface area (Å²) in [6.07, 6.45) is 0.967. The number of morpholine rings is 1. The third kappa shape index (κ3) is 3.99. The minimum absolute atomic E-state index is 0.369. The van der Waals surface area contributed by atoms with Gasteiger partial charge in [-0.25, -0.2) is 4.98 Å². The Balaban J connectivity index is 1.72. The molecule has 0 bridgehead atoms. The van der Waals surface area contributed by atoms with Crippen molar-refractivity contribution in [2.24, 2.45) is 0 Å². The first-order chi connectivity index (χ1) is 11.3. The van der Waals surface area contributed by atoms with E-state index in [0.29, 0.717) is 11.9 Å². The van der Waals surface area contributed by atoms with Gasteiger partial charge in [-0.1, -0.05) is 18.2 Å². The Hall–Kier alpha value is -1.69. The molecule has 0 spiro atoms. The van der Waals surface area contributed by atoms with Crippen molar-refractivity contribution in [3.05, 3.63) is 41.8 Å². The SMILES string of the molecule is COCCC1COCCN1Cc1oc(-c2ccccc2)nc1C. The second kappa shape index (κ2) is 7.73. The van der Waals surface area contributed by atoms with Gasteiger partial charge in [-0.2, -0.15) is 0 Å². The van der Waals surface area contributed by atoms with Gasteiger partial charge in [0, 0.05) is 31.9 Å². The van der Waals surface area contributed by atoms with Gasteiger partial charge in [-0.15, -0.1) is 0 Å². The zero-order valence-corrected chi connectivity index (χ0v) is 13.8. The van der Waals surface area contributed by atoms with Crippen molar-refractivity contribution in [3.8, 4) is 11.5 Å². The molecule has 1 saturated heterocycles. The predicted molar refractivity (Wildman–Crippen MR) is 88.2 cm³/mol. The minimum atomic E-state index is 0.369. The number of aromatic nitrogens is 1. The summed E-state index contributed by atoms with van der Waals surface area (Å²) in [4.78, 5) is 6.99. The Morgan fingerprint density at radius 3 is 2.91 bits per heavy atom. The van der Waals surface area contributed by atoms with Crippen LogP contribution in [0, 0.1) is 6.92 Å². The number of rotatable bonds is 6. The fourth-order valence-electron chi connectivity index (χ4n) is 2.88. The summed E-state index contributed by atoms with van der Waals surface area (Å²) < 4.78 is 16.9. The molecule has 1 fully saturated rings. The first-order valence-corrected chi connectivity index (χ1v) is 8.10. The van der Waals surface area contributed by atoms with E-state index in [1.54, 1.807) is 7.11 Å². The van der Waals surface area contributed by atoms with Crippen molar-refractivity contribution >= 4 is 0 Å². The number of ether oxygens (including phenoxy) is 2. The number of hydrogen-bond donors (Lipinski definition) is 0. The number of nitrogens with zero attached hydrogens (tertiary/aromatic N) is 2. The largest absolute Gasteiger partial charge is 0.440 e. The Morgan fingerprint density at radius 2 is 2.13 bits per heavy atom. The lowest BCUT2D eigenvalue weighted by molar-refractivity contribution is -0.0243. The van der Waals surface area contributed by atoms with Crippen LogP contribution in [0.25, 0.3) is 11.5 Å². The standard InChI is InChI=1S/C18H24N2O3/c1-14-17(23-18(19-14)15-6-4-3-5-7-15)12-20-9-11-22-13-16(20)8-10-21-2/h3-7,16H,8-13H2,1-2H3. The number of oxazole rings is 1. The van der Waals surface area contributed by atoms with E-state index >= 15 is 0 Å². The van der Waals surface area contributed by atoms with Gasteiger partial charge < -0.3 is 13.9 Å². The summed E-state index contributed by atoms with van der Waals surface area (Å²) in [5, 5.41) is 0. The number of hydrogen-bond acceptors (Lipinski definition) is 5. The van der Waals surface area contributed by atoms with Crippen LogP contribution in [0.2, 0.25) is 0 Å². The Kier molecular flexibility index (Phi) is 5.43. The molecule has 1 aromatic carbocycles. The molecule has 3 rings (SSSR count). The molecule has 0 saturated carbocycles. The second-order valence-electron chi connectivity index (χ2n) is 5.87. The third-order valence-electron chi connectivity index (χ3n) is 4.26. The van der Waals surface area contributed by atoms with Crippen molar-refractivity contribution in [2.75, 3.05) is 33.5 Å². The summed E-state index contributed by atoms with van der Waals surface area (Å²) in [5.74, 6) is 1.63. The predicted octanol–water partition coefficient (Wildman–Crippen LogP) is 2.89. The molecular formula is C18H24N2O3. The van der Waals surface area contributed by atoms with Crippen LogP contribution < -0.4 is 0 Å². The van der Waals surface area contributed by atoms with Crippen LogP contribution in [-0.4, -0.2) is 49.4 Å². The average Bonchev–Trinajstić information content (AvgIpc) is 2.96. The van der Waals surface area contributed by atoms with Gasteiger partial charge in [0.05, 0.1) is 25.5 Å². The lowest BCUT2D eigenvalue weighted by Gasteiger charge is -2.34. The number of benzene rings is 1. The van der Waals surface area contributed by atoms with Gasteiger partial charge >= 0.3 is 0 Å². The van der Waals surface area contributed by atoms with Crippen LogP contribution in [0.4, 0.5) is 0 Å². The fourth-order valence-corrected chi connectivity index (χ4v) is 2.88. The van der Waals surface area contributed by atoms with E-state index in [9.17, 15) is 0 Å². The number of aryl methyl sites for hydroxylation is 1. The first-order valence-electron chi connectivity index (χ1n) is 8.10. The summed E-state index contributed by atoms with van der Waals surface area (Å²) in [6.45, 7) is 5.95. The Morgan fingerprint density at radius 1 is 1.30 bits per heavy atom. The van der Waals surface area contributed by atoms with Crippen LogP contribution in [0.1, 0.15) is 17.9 Å². The van der Waals surface area contributed by atoms with E-state index in [-0.39, 0.29) is 0 Å². The summed E-state index contributed by atoms with van der Waals surface area (Å²) in [5.41, 5.74) is 1.97. The Labute approximate surface area is 137 Å². The van der Waals surface area contributed by atoms with E-state index in [1.807, 2.05) is 37.3 Å². The van der Waals surface area contributed by atoms with Gasteiger partial charge in [0.25, 0.3) is 0 Å². The molecule has 0 N–H and O–H groups in total. The van der Waals surface area contributed by atoms with E-state index in [1.165, 1.54) is 0 Å². The molecule has 1 aromatic heterocycles. The van der Waals surface area contributed by atoms with Crippen molar-refractivity contribution < 1.29 is 13.9 Å². The highest BCUT2D eigenvalue weighted by Crippen LogP contribution is 2.24. The summed E-state index contributed by atoms with van der Waals surface area (Å²) >= 11 is 0. The minimum Gasteiger partial charge on any atom is -0.440 e. The molecular weight excluding hydrogens is 292 g/mol. The van der Waals surface area contributed by atoms with Gasteiger partial charge in [-0.3, -0.25) is 4.90 Å². The van der Waals surface area contributed by atoms with Gasteiger partial charge in [0.15, 0.2) is 0 Å². The zero-order valence-electron chi connectivity index (χ0n) is 13.8. The molecule has 2 aromatic rings. The van der Waals surface area contributed by atoms with Gasteiger partial charge in [0.2, 0.25) is 5.89 Å². The van der Waals surface area contributed by atoms with E-state index in [0.717, 1.165) is 56.3 Å². The summed E-state index contributed by atoms with van der Waals surface area (Å²) in [7, 11) is 1.74. The van der Waals surface area contributed by atoms with Crippen LogP contribution in [0.5, 0.6) is 0 Å². The monoisotopic (exact) mass is 316 g/mol. The molecule has 5 nitrogen and oxygen atoms in total. The van der Waals surface area contributed by atoms with E-state index in [2.05, 4.69) is 9.88 Å².